The average Bonchev–Trinajstić information content (AvgIpc) is 2.36. The second-order valence-corrected chi connectivity index (χ2v) is 4.07. The van der Waals surface area contributed by atoms with Crippen LogP contribution in [-0.4, -0.2) is 9.59 Å². The first-order valence-corrected chi connectivity index (χ1v) is 4.88. The van der Waals surface area contributed by atoms with Crippen molar-refractivity contribution in [1.29, 1.82) is 0 Å². The molecule has 0 saturated heterocycles. The minimum atomic E-state index is 0.353. The lowest BCUT2D eigenvalue weighted by atomic mass is 10.1. The molecule has 56 valence electrons. The van der Waals surface area contributed by atoms with Gasteiger partial charge in [-0.2, -0.15) is 0 Å². The summed E-state index contributed by atoms with van der Waals surface area (Å²) in [7, 11) is 0. The number of nitrogens with zero attached hydrogens (tertiary/aromatic N) is 2. The molecule has 2 nitrogen and oxygen atoms in total. The van der Waals surface area contributed by atoms with E-state index in [1.165, 1.54) is 11.5 Å². The van der Waals surface area contributed by atoms with Crippen LogP contribution in [0.5, 0.6) is 0 Å². The Kier molecular flexibility index (Phi) is 2.80. The first-order valence-electron chi connectivity index (χ1n) is 3.13. The molecule has 0 radical (unpaired) electrons. The maximum Gasteiger partial charge on any atom is 0.0894 e. The Bertz CT molecular complexity index is 186. The Morgan fingerprint density at radius 2 is 2.30 bits per heavy atom. The maximum absolute atomic E-state index is 3.96. The quantitative estimate of drug-likeness (QED) is 0.717. The molecule has 0 saturated carbocycles. The molecule has 10 heavy (non-hydrogen) atoms. The van der Waals surface area contributed by atoms with Gasteiger partial charge in [0.15, 0.2) is 0 Å². The summed E-state index contributed by atoms with van der Waals surface area (Å²) in [5.41, 5.74) is 1.04. The largest absolute Gasteiger partial charge is 0.142 e. The zero-order chi connectivity index (χ0) is 7.56. The van der Waals surface area contributed by atoms with E-state index in [4.69, 9.17) is 0 Å². The van der Waals surface area contributed by atoms with Gasteiger partial charge in [0, 0.05) is 5.38 Å². The molecule has 0 fully saturated rings. The molecule has 1 aromatic rings. The van der Waals surface area contributed by atoms with Crippen molar-refractivity contribution in [2.24, 2.45) is 5.92 Å². The summed E-state index contributed by atoms with van der Waals surface area (Å²) in [6.45, 7) is 4.30. The van der Waals surface area contributed by atoms with Crippen molar-refractivity contribution in [3.63, 3.8) is 0 Å². The summed E-state index contributed by atoms with van der Waals surface area (Å²) in [4.78, 5) is 0.353. The fourth-order valence-corrected chi connectivity index (χ4v) is 1.52. The van der Waals surface area contributed by atoms with Crippen LogP contribution >= 0.6 is 27.5 Å². The van der Waals surface area contributed by atoms with Crippen LogP contribution < -0.4 is 0 Å². The van der Waals surface area contributed by atoms with Crippen molar-refractivity contribution < 1.29 is 0 Å². The number of rotatable bonds is 2. The van der Waals surface area contributed by atoms with Gasteiger partial charge in [-0.3, -0.25) is 0 Å². The van der Waals surface area contributed by atoms with Crippen LogP contribution in [0.15, 0.2) is 5.38 Å². The fourth-order valence-electron chi connectivity index (χ4n) is 0.634. The Hall–Kier alpha value is 0.0400. The van der Waals surface area contributed by atoms with E-state index >= 15 is 0 Å². The molecule has 0 aliphatic heterocycles. The summed E-state index contributed by atoms with van der Waals surface area (Å²) in [5.74, 6) is 0.573. The molecule has 0 amide bonds. The lowest BCUT2D eigenvalue weighted by Crippen LogP contribution is -1.98. The number of alkyl halides is 1. The predicted molar refractivity (Wildman–Crippen MR) is 46.4 cm³/mol. The Morgan fingerprint density at radius 1 is 1.60 bits per heavy atom. The molecule has 1 rings (SSSR count). The summed E-state index contributed by atoms with van der Waals surface area (Å²) in [5, 5.41) is 5.93. The Morgan fingerprint density at radius 3 is 2.70 bits per heavy atom. The standard InChI is InChI=1S/C6H9BrN2S/c1-4(2)6(7)5-3-10-9-8-5/h3-4,6H,1-2H3. The molecule has 1 aromatic heterocycles. The monoisotopic (exact) mass is 220 g/mol. The number of aromatic nitrogens is 2. The van der Waals surface area contributed by atoms with E-state index in [1.807, 2.05) is 5.38 Å². The zero-order valence-electron chi connectivity index (χ0n) is 5.91. The second-order valence-electron chi connectivity index (χ2n) is 2.48. The first-order chi connectivity index (χ1) is 4.72. The van der Waals surface area contributed by atoms with Crippen LogP contribution in [0, 0.1) is 5.92 Å². The molecule has 4 heteroatoms. The third-order valence-corrected chi connectivity index (χ3v) is 3.29. The molecule has 0 spiro atoms. The number of hydrogen-bond acceptors (Lipinski definition) is 3. The minimum absolute atomic E-state index is 0.353. The highest BCUT2D eigenvalue weighted by molar-refractivity contribution is 9.09. The van der Waals surface area contributed by atoms with Gasteiger partial charge in [0.25, 0.3) is 0 Å². The van der Waals surface area contributed by atoms with Gasteiger partial charge >= 0.3 is 0 Å². The molecular weight excluding hydrogens is 212 g/mol. The second kappa shape index (κ2) is 3.44. The van der Waals surface area contributed by atoms with E-state index in [0.29, 0.717) is 10.7 Å². The lowest BCUT2D eigenvalue weighted by molar-refractivity contribution is 0.627. The van der Waals surface area contributed by atoms with Crippen molar-refractivity contribution in [3.8, 4) is 0 Å². The van der Waals surface area contributed by atoms with Crippen LogP contribution in [0.25, 0.3) is 0 Å². The van der Waals surface area contributed by atoms with Crippen molar-refractivity contribution in [2.75, 3.05) is 0 Å². The molecule has 0 aliphatic carbocycles. The third-order valence-electron chi connectivity index (χ3n) is 1.24. The Balaban J connectivity index is 2.68. The molecule has 1 atom stereocenters. The average molecular weight is 221 g/mol. The topological polar surface area (TPSA) is 25.8 Å². The van der Waals surface area contributed by atoms with E-state index in [-0.39, 0.29) is 0 Å². The van der Waals surface area contributed by atoms with Gasteiger partial charge in [0.1, 0.15) is 0 Å². The SMILES string of the molecule is CC(C)C(Br)c1csnn1. The highest BCUT2D eigenvalue weighted by Gasteiger charge is 2.13. The van der Waals surface area contributed by atoms with Crippen LogP contribution in [-0.2, 0) is 0 Å². The molecule has 1 heterocycles. The van der Waals surface area contributed by atoms with Crippen LogP contribution in [0.2, 0.25) is 0 Å². The van der Waals surface area contributed by atoms with Gasteiger partial charge in [-0.1, -0.05) is 34.3 Å². The van der Waals surface area contributed by atoms with E-state index in [2.05, 4.69) is 39.4 Å². The predicted octanol–water partition coefficient (Wildman–Crippen LogP) is 2.63. The Labute approximate surface area is 72.9 Å². The molecular formula is C6H9BrN2S. The first kappa shape index (κ1) is 8.14. The number of hydrogen-bond donors (Lipinski definition) is 0. The van der Waals surface area contributed by atoms with E-state index in [1.54, 1.807) is 0 Å². The van der Waals surface area contributed by atoms with Crippen molar-refractivity contribution in [3.05, 3.63) is 11.1 Å². The van der Waals surface area contributed by atoms with Crippen LogP contribution in [0.4, 0.5) is 0 Å². The summed E-state index contributed by atoms with van der Waals surface area (Å²) in [6, 6.07) is 0. The van der Waals surface area contributed by atoms with Gasteiger partial charge in [-0.15, -0.1) is 5.10 Å². The van der Waals surface area contributed by atoms with E-state index in [9.17, 15) is 0 Å². The van der Waals surface area contributed by atoms with Gasteiger partial charge in [0.2, 0.25) is 0 Å². The molecule has 0 N–H and O–H groups in total. The van der Waals surface area contributed by atoms with Gasteiger partial charge < -0.3 is 0 Å². The molecule has 0 aromatic carbocycles. The van der Waals surface area contributed by atoms with Crippen LogP contribution in [0.1, 0.15) is 24.4 Å². The van der Waals surface area contributed by atoms with E-state index < -0.39 is 0 Å². The lowest BCUT2D eigenvalue weighted by Gasteiger charge is -2.08. The van der Waals surface area contributed by atoms with Gasteiger partial charge in [0.05, 0.1) is 10.5 Å². The smallest absolute Gasteiger partial charge is 0.0894 e. The van der Waals surface area contributed by atoms with Crippen LogP contribution in [0.3, 0.4) is 0 Å². The maximum atomic E-state index is 3.96. The van der Waals surface area contributed by atoms with Crippen molar-refractivity contribution in [2.45, 2.75) is 18.7 Å². The highest BCUT2D eigenvalue weighted by Crippen LogP contribution is 2.28. The van der Waals surface area contributed by atoms with Crippen molar-refractivity contribution in [1.82, 2.24) is 9.59 Å². The molecule has 1 unspecified atom stereocenters. The van der Waals surface area contributed by atoms with E-state index in [0.717, 1.165) is 5.69 Å². The summed E-state index contributed by atoms with van der Waals surface area (Å²) in [6.07, 6.45) is 0. The van der Waals surface area contributed by atoms with Crippen molar-refractivity contribution >= 4 is 27.5 Å². The zero-order valence-corrected chi connectivity index (χ0v) is 8.32. The summed E-state index contributed by atoms with van der Waals surface area (Å²) < 4.78 is 3.79. The van der Waals surface area contributed by atoms with Gasteiger partial charge in [-0.25, -0.2) is 0 Å². The van der Waals surface area contributed by atoms with Gasteiger partial charge in [-0.05, 0) is 17.5 Å². The molecule has 0 bridgehead atoms. The summed E-state index contributed by atoms with van der Waals surface area (Å²) >= 11 is 4.93. The third kappa shape index (κ3) is 1.76. The highest BCUT2D eigenvalue weighted by atomic mass is 79.9. The minimum Gasteiger partial charge on any atom is -0.142 e. The molecule has 0 aliphatic rings. The normalized spacial score (nSPS) is 14.0. The number of halogens is 1. The fraction of sp³-hybridized carbons (Fsp3) is 0.667.